The van der Waals surface area contributed by atoms with Gasteiger partial charge in [0.2, 0.25) is 11.7 Å². The number of methoxy groups -OCH3 is 1. The third kappa shape index (κ3) is 6.43. The number of amides is 4. The van der Waals surface area contributed by atoms with Crippen LogP contribution in [0, 0.1) is 11.8 Å². The first-order valence-electron chi connectivity index (χ1n) is 16.3. The highest BCUT2D eigenvalue weighted by atomic mass is 16.5. The van der Waals surface area contributed by atoms with Gasteiger partial charge in [-0.25, -0.2) is 0 Å². The van der Waals surface area contributed by atoms with Gasteiger partial charge in [0.1, 0.15) is 29.6 Å². The van der Waals surface area contributed by atoms with Gasteiger partial charge in [-0.2, -0.15) is 0 Å². The molecule has 242 valence electrons. The third-order valence-electron chi connectivity index (χ3n) is 9.73. The molecule has 0 radical (unpaired) electrons. The van der Waals surface area contributed by atoms with Crippen LogP contribution in [0.4, 0.5) is 0 Å². The summed E-state index contributed by atoms with van der Waals surface area (Å²) in [5, 5.41) is 6.32. The molecule has 5 atom stereocenters. The van der Waals surface area contributed by atoms with Crippen LogP contribution in [0.1, 0.15) is 68.8 Å². The number of ketones is 1. The number of carbonyl (C=O) groups is 5. The van der Waals surface area contributed by atoms with Crippen molar-refractivity contribution in [3.63, 3.8) is 0 Å². The number of nitrogens with one attached hydrogen (secondary N) is 3. The molecular weight excluding hydrogens is 578 g/mol. The summed E-state index contributed by atoms with van der Waals surface area (Å²) in [6, 6.07) is 5.17. The molecule has 2 aliphatic heterocycles. The minimum atomic E-state index is -1.25. The number of aromatic nitrogens is 1. The molecule has 4 aliphatic rings. The zero-order chi connectivity index (χ0) is 31.7. The van der Waals surface area contributed by atoms with Gasteiger partial charge in [-0.1, -0.05) is 25.8 Å². The Labute approximate surface area is 262 Å². The van der Waals surface area contributed by atoms with Gasteiger partial charge in [0, 0.05) is 49.6 Å². The van der Waals surface area contributed by atoms with Crippen molar-refractivity contribution in [1.29, 1.82) is 0 Å². The number of likely N-dealkylation sites (tertiary alicyclic amines) is 2. The topological polar surface area (TPSA) is 150 Å². The standard InChI is InChI=1S/C33H43N5O7/c1-3-4-15-45-27-13-14-37(33(27)43)18-25(29(39)31(41)34-20-11-12-20)36-30(40)28-21-8-5-7-19(21)17-38(28)32(42)24-16-22-23(35-24)9-6-10-26(22)44-2/h6,9-10,16,19-21,25,27-28,35H,3-5,7-8,11-15,17-18H2,1-2H3,(H,34,41)(H,36,40)/t19-,21-,25-,27-,28-/m0/s1. The smallest absolute Gasteiger partial charge is 0.289 e. The summed E-state index contributed by atoms with van der Waals surface area (Å²) in [5.41, 5.74) is 1.10. The molecule has 4 fully saturated rings. The molecule has 0 spiro atoms. The normalized spacial score (nSPS) is 25.0. The Morgan fingerprint density at radius 3 is 2.69 bits per heavy atom. The molecule has 0 unspecified atom stereocenters. The number of aromatic amines is 1. The highest BCUT2D eigenvalue weighted by molar-refractivity contribution is 6.38. The molecule has 4 amide bonds. The number of hydrogen-bond donors (Lipinski definition) is 3. The first-order valence-corrected chi connectivity index (χ1v) is 16.3. The van der Waals surface area contributed by atoms with Crippen molar-refractivity contribution >= 4 is 40.3 Å². The van der Waals surface area contributed by atoms with Gasteiger partial charge >= 0.3 is 0 Å². The van der Waals surface area contributed by atoms with Gasteiger partial charge in [-0.3, -0.25) is 24.0 Å². The number of ether oxygens (including phenoxy) is 2. The fourth-order valence-electron chi connectivity index (χ4n) is 7.16. The molecule has 2 aliphatic carbocycles. The third-order valence-corrected chi connectivity index (χ3v) is 9.73. The van der Waals surface area contributed by atoms with Gasteiger partial charge in [0.15, 0.2) is 0 Å². The van der Waals surface area contributed by atoms with Crippen LogP contribution in [-0.2, 0) is 23.9 Å². The van der Waals surface area contributed by atoms with Crippen LogP contribution in [-0.4, -0.2) is 102 Å². The van der Waals surface area contributed by atoms with Crippen LogP contribution in [0.2, 0.25) is 0 Å². The van der Waals surface area contributed by atoms with Crippen molar-refractivity contribution in [2.45, 2.75) is 82.5 Å². The molecule has 1 aromatic carbocycles. The Kier molecular flexibility index (Phi) is 9.11. The molecule has 0 bridgehead atoms. The van der Waals surface area contributed by atoms with Crippen LogP contribution in [0.3, 0.4) is 0 Å². The summed E-state index contributed by atoms with van der Waals surface area (Å²) in [4.78, 5) is 73.9. The maximum Gasteiger partial charge on any atom is 0.289 e. The average molecular weight is 622 g/mol. The van der Waals surface area contributed by atoms with Crippen LogP contribution in [0.5, 0.6) is 5.75 Å². The summed E-state index contributed by atoms with van der Waals surface area (Å²) in [5.74, 6) is -1.86. The molecule has 45 heavy (non-hydrogen) atoms. The molecule has 2 saturated carbocycles. The van der Waals surface area contributed by atoms with E-state index in [1.165, 1.54) is 4.90 Å². The number of benzene rings is 1. The van der Waals surface area contributed by atoms with Gasteiger partial charge < -0.3 is 34.9 Å². The maximum atomic E-state index is 14.1. The van der Waals surface area contributed by atoms with Crippen molar-refractivity contribution in [1.82, 2.24) is 25.4 Å². The Morgan fingerprint density at radius 2 is 1.93 bits per heavy atom. The molecular formula is C33H43N5O7. The summed E-state index contributed by atoms with van der Waals surface area (Å²) < 4.78 is 11.2. The monoisotopic (exact) mass is 621 g/mol. The molecule has 3 N–H and O–H groups in total. The molecule has 2 saturated heterocycles. The number of H-pyrrole nitrogens is 1. The zero-order valence-electron chi connectivity index (χ0n) is 26.0. The first-order chi connectivity index (χ1) is 21.8. The quantitative estimate of drug-likeness (QED) is 0.229. The van der Waals surface area contributed by atoms with Crippen molar-refractivity contribution in [2.75, 3.05) is 33.4 Å². The molecule has 1 aromatic heterocycles. The number of hydrogen-bond acceptors (Lipinski definition) is 7. The van der Waals surface area contributed by atoms with Crippen molar-refractivity contribution < 1.29 is 33.4 Å². The summed E-state index contributed by atoms with van der Waals surface area (Å²) in [6.07, 6.45) is 5.93. The lowest BCUT2D eigenvalue weighted by molar-refractivity contribution is -0.143. The lowest BCUT2D eigenvalue weighted by Gasteiger charge is -2.30. The predicted octanol–water partition coefficient (Wildman–Crippen LogP) is 2.17. The largest absolute Gasteiger partial charge is 0.496 e. The number of fused-ring (bicyclic) bond motifs is 2. The lowest BCUT2D eigenvalue weighted by atomic mass is 9.93. The SMILES string of the molecule is CCCCO[C@H]1CCN(C[C@H](NC(=O)[C@@H]2[C@H]3CCC[C@H]3CN2C(=O)c2cc3c(OC)cccc3[nH]2)C(=O)C(=O)NC2CC2)C1=O. The molecule has 2 aromatic rings. The van der Waals surface area contributed by atoms with E-state index in [9.17, 15) is 24.0 Å². The van der Waals surface area contributed by atoms with E-state index in [1.54, 1.807) is 18.1 Å². The number of Topliss-reactive ketones (excluding diaryl/α,β-unsaturated/α-hetero) is 1. The van der Waals surface area contributed by atoms with E-state index in [4.69, 9.17) is 9.47 Å². The fraction of sp³-hybridized carbons (Fsp3) is 0.606. The van der Waals surface area contributed by atoms with E-state index >= 15 is 0 Å². The lowest BCUT2D eigenvalue weighted by Crippen LogP contribution is -2.58. The van der Waals surface area contributed by atoms with E-state index in [1.807, 2.05) is 25.1 Å². The number of carbonyl (C=O) groups excluding carboxylic acids is 5. The van der Waals surface area contributed by atoms with Crippen LogP contribution < -0.4 is 15.4 Å². The second-order valence-corrected chi connectivity index (χ2v) is 12.8. The van der Waals surface area contributed by atoms with E-state index < -0.39 is 35.8 Å². The summed E-state index contributed by atoms with van der Waals surface area (Å²) >= 11 is 0. The van der Waals surface area contributed by atoms with E-state index in [0.29, 0.717) is 37.6 Å². The predicted molar refractivity (Wildman–Crippen MR) is 164 cm³/mol. The summed E-state index contributed by atoms with van der Waals surface area (Å²) in [6.45, 7) is 3.17. The van der Waals surface area contributed by atoms with Gasteiger partial charge in [0.25, 0.3) is 17.7 Å². The van der Waals surface area contributed by atoms with Crippen molar-refractivity contribution in [3.8, 4) is 5.75 Å². The maximum absolute atomic E-state index is 14.1. The second kappa shape index (κ2) is 13.2. The van der Waals surface area contributed by atoms with Crippen molar-refractivity contribution in [2.24, 2.45) is 11.8 Å². The highest BCUT2D eigenvalue weighted by Gasteiger charge is 2.50. The minimum Gasteiger partial charge on any atom is -0.496 e. The van der Waals surface area contributed by atoms with E-state index in [0.717, 1.165) is 55.8 Å². The Bertz CT molecular complexity index is 1470. The van der Waals surface area contributed by atoms with Crippen LogP contribution in [0.25, 0.3) is 10.9 Å². The van der Waals surface area contributed by atoms with Crippen molar-refractivity contribution in [3.05, 3.63) is 30.0 Å². The molecule has 12 nitrogen and oxygen atoms in total. The van der Waals surface area contributed by atoms with Crippen LogP contribution >= 0.6 is 0 Å². The molecule has 6 rings (SSSR count). The fourth-order valence-corrected chi connectivity index (χ4v) is 7.16. The Hall–Kier alpha value is -3.93. The average Bonchev–Trinajstić information content (AvgIpc) is 3.34. The van der Waals surface area contributed by atoms with Gasteiger partial charge in [-0.05, 0) is 62.1 Å². The first kappa shape index (κ1) is 31.1. The zero-order valence-corrected chi connectivity index (χ0v) is 26.0. The van der Waals surface area contributed by atoms with E-state index in [2.05, 4.69) is 15.6 Å². The van der Waals surface area contributed by atoms with Crippen LogP contribution in [0.15, 0.2) is 24.3 Å². The Balaban J connectivity index is 1.22. The van der Waals surface area contributed by atoms with Gasteiger partial charge in [-0.15, -0.1) is 0 Å². The number of nitrogens with zero attached hydrogens (tertiary/aromatic N) is 2. The second-order valence-electron chi connectivity index (χ2n) is 12.8. The minimum absolute atomic E-state index is 0.0420. The highest BCUT2D eigenvalue weighted by Crippen LogP contribution is 2.43. The van der Waals surface area contributed by atoms with Gasteiger partial charge in [0.05, 0.1) is 7.11 Å². The molecule has 12 heteroatoms. The Morgan fingerprint density at radius 1 is 1.11 bits per heavy atom. The number of rotatable bonds is 13. The number of unbranched alkanes of at least 4 members (excludes halogenated alkanes) is 1. The van der Waals surface area contributed by atoms with E-state index in [-0.39, 0.29) is 36.2 Å². The molecule has 3 heterocycles. The summed E-state index contributed by atoms with van der Waals surface area (Å²) in [7, 11) is 1.57.